The van der Waals surface area contributed by atoms with Crippen LogP contribution in [0.3, 0.4) is 0 Å². The van der Waals surface area contributed by atoms with E-state index in [1.807, 2.05) is 0 Å². The first-order valence-corrected chi connectivity index (χ1v) is 9.63. The van der Waals surface area contributed by atoms with Crippen molar-refractivity contribution in [1.82, 2.24) is 24.4 Å². The number of benzene rings is 1. The average Bonchev–Trinajstić information content (AvgIpc) is 3.07. The number of carbonyl (C=O) groups excluding carboxylic acids is 1. The number of rotatable bonds is 3. The van der Waals surface area contributed by atoms with Gasteiger partial charge in [-0.05, 0) is 33.6 Å². The zero-order valence-corrected chi connectivity index (χ0v) is 16.6. The SMILES string of the molecule is O=C(c1cc2ncc(Br)cn2n1)N1CCN(Cc2ccc(F)cc2Cl)CC1. The van der Waals surface area contributed by atoms with Crippen LogP contribution >= 0.6 is 27.5 Å². The molecule has 1 fully saturated rings. The summed E-state index contributed by atoms with van der Waals surface area (Å²) in [6, 6.07) is 6.14. The van der Waals surface area contributed by atoms with Crippen molar-refractivity contribution in [2.24, 2.45) is 0 Å². The van der Waals surface area contributed by atoms with Crippen molar-refractivity contribution in [3.8, 4) is 0 Å². The normalized spacial score (nSPS) is 15.4. The lowest BCUT2D eigenvalue weighted by molar-refractivity contribution is 0.0622. The van der Waals surface area contributed by atoms with E-state index >= 15 is 0 Å². The fourth-order valence-electron chi connectivity index (χ4n) is 3.12. The van der Waals surface area contributed by atoms with Crippen LogP contribution in [-0.4, -0.2) is 56.5 Å². The molecule has 6 nitrogen and oxygen atoms in total. The van der Waals surface area contributed by atoms with E-state index in [0.29, 0.717) is 36.0 Å². The third kappa shape index (κ3) is 3.97. The van der Waals surface area contributed by atoms with Crippen LogP contribution in [0.4, 0.5) is 4.39 Å². The quantitative estimate of drug-likeness (QED) is 0.612. The number of carbonyl (C=O) groups is 1. The van der Waals surface area contributed by atoms with Gasteiger partial charge in [-0.15, -0.1) is 0 Å². The molecule has 0 radical (unpaired) electrons. The lowest BCUT2D eigenvalue weighted by Gasteiger charge is -2.34. The molecular formula is C18H16BrClFN5O. The fraction of sp³-hybridized carbons (Fsp3) is 0.278. The minimum absolute atomic E-state index is 0.101. The molecule has 140 valence electrons. The van der Waals surface area contributed by atoms with Crippen molar-refractivity contribution < 1.29 is 9.18 Å². The second kappa shape index (κ2) is 7.53. The molecule has 3 heterocycles. The number of aromatic nitrogens is 3. The Bertz CT molecular complexity index is 1000. The Kier molecular flexibility index (Phi) is 5.12. The Morgan fingerprint density at radius 2 is 2.00 bits per heavy atom. The molecule has 1 aromatic carbocycles. The molecule has 3 aromatic rings. The van der Waals surface area contributed by atoms with E-state index in [1.165, 1.54) is 12.1 Å². The molecule has 0 unspecified atom stereocenters. The Morgan fingerprint density at radius 3 is 2.74 bits per heavy atom. The Hall–Kier alpha value is -2.03. The van der Waals surface area contributed by atoms with Crippen molar-refractivity contribution >= 4 is 39.1 Å². The van der Waals surface area contributed by atoms with E-state index in [1.54, 1.807) is 33.9 Å². The molecular weight excluding hydrogens is 437 g/mol. The molecule has 4 rings (SSSR count). The number of hydrogen-bond acceptors (Lipinski definition) is 4. The minimum atomic E-state index is -0.340. The Morgan fingerprint density at radius 1 is 1.22 bits per heavy atom. The topological polar surface area (TPSA) is 53.7 Å². The molecule has 9 heteroatoms. The van der Waals surface area contributed by atoms with Crippen LogP contribution in [0, 0.1) is 5.82 Å². The molecule has 1 aliphatic rings. The summed E-state index contributed by atoms with van der Waals surface area (Å²) < 4.78 is 15.6. The number of halogens is 3. The van der Waals surface area contributed by atoms with Gasteiger partial charge in [0, 0.05) is 56.2 Å². The summed E-state index contributed by atoms with van der Waals surface area (Å²) in [5.74, 6) is -0.441. The van der Waals surface area contributed by atoms with Crippen molar-refractivity contribution in [1.29, 1.82) is 0 Å². The van der Waals surface area contributed by atoms with Crippen LogP contribution in [0.2, 0.25) is 5.02 Å². The summed E-state index contributed by atoms with van der Waals surface area (Å²) >= 11 is 9.45. The van der Waals surface area contributed by atoms with Crippen LogP contribution in [0.5, 0.6) is 0 Å². The van der Waals surface area contributed by atoms with Gasteiger partial charge in [-0.1, -0.05) is 17.7 Å². The van der Waals surface area contributed by atoms with E-state index in [-0.39, 0.29) is 11.7 Å². The highest BCUT2D eigenvalue weighted by molar-refractivity contribution is 9.10. The maximum Gasteiger partial charge on any atom is 0.274 e. The maximum atomic E-state index is 13.2. The highest BCUT2D eigenvalue weighted by Gasteiger charge is 2.24. The second-order valence-corrected chi connectivity index (χ2v) is 7.73. The predicted octanol–water partition coefficient (Wildman–Crippen LogP) is 3.24. The van der Waals surface area contributed by atoms with Crippen molar-refractivity contribution in [3.05, 3.63) is 63.2 Å². The van der Waals surface area contributed by atoms with Gasteiger partial charge in [0.1, 0.15) is 5.82 Å². The van der Waals surface area contributed by atoms with E-state index in [9.17, 15) is 9.18 Å². The van der Waals surface area contributed by atoms with Crippen LogP contribution in [0.15, 0.2) is 41.1 Å². The minimum Gasteiger partial charge on any atom is -0.335 e. The number of piperazine rings is 1. The molecule has 27 heavy (non-hydrogen) atoms. The summed E-state index contributed by atoms with van der Waals surface area (Å²) in [5, 5.41) is 4.75. The summed E-state index contributed by atoms with van der Waals surface area (Å²) in [6.45, 7) is 3.27. The van der Waals surface area contributed by atoms with Gasteiger partial charge in [-0.25, -0.2) is 13.9 Å². The first-order valence-electron chi connectivity index (χ1n) is 8.46. The number of hydrogen-bond donors (Lipinski definition) is 0. The lowest BCUT2D eigenvalue weighted by atomic mass is 10.2. The van der Waals surface area contributed by atoms with E-state index < -0.39 is 0 Å². The first kappa shape index (κ1) is 18.3. The van der Waals surface area contributed by atoms with Crippen LogP contribution in [-0.2, 0) is 6.54 Å². The largest absolute Gasteiger partial charge is 0.335 e. The van der Waals surface area contributed by atoms with Crippen molar-refractivity contribution in [2.45, 2.75) is 6.54 Å². The highest BCUT2D eigenvalue weighted by atomic mass is 79.9. The second-order valence-electron chi connectivity index (χ2n) is 6.41. The third-order valence-electron chi connectivity index (χ3n) is 4.57. The van der Waals surface area contributed by atoms with Crippen molar-refractivity contribution in [3.63, 3.8) is 0 Å². The summed E-state index contributed by atoms with van der Waals surface area (Å²) in [4.78, 5) is 21.0. The molecule has 0 spiro atoms. The standard InChI is InChI=1S/C18H16BrClFN5O/c19-13-9-22-17-8-16(23-26(17)11-13)18(27)25-5-3-24(4-6-25)10-12-1-2-14(21)7-15(12)20/h1-2,7-9,11H,3-6,10H2. The highest BCUT2D eigenvalue weighted by Crippen LogP contribution is 2.20. The Balaban J connectivity index is 1.40. The smallest absolute Gasteiger partial charge is 0.274 e. The van der Waals surface area contributed by atoms with E-state index in [0.717, 1.165) is 23.1 Å². The van der Waals surface area contributed by atoms with Crippen molar-refractivity contribution in [2.75, 3.05) is 26.2 Å². The van der Waals surface area contributed by atoms with Gasteiger partial charge in [-0.3, -0.25) is 9.69 Å². The van der Waals surface area contributed by atoms with Gasteiger partial charge in [0.25, 0.3) is 5.91 Å². The monoisotopic (exact) mass is 451 g/mol. The molecule has 1 saturated heterocycles. The molecule has 0 aliphatic carbocycles. The summed E-state index contributed by atoms with van der Waals surface area (Å²) in [5.41, 5.74) is 1.90. The third-order valence-corrected chi connectivity index (χ3v) is 5.33. The molecule has 1 aliphatic heterocycles. The molecule has 0 bridgehead atoms. The lowest BCUT2D eigenvalue weighted by Crippen LogP contribution is -2.48. The van der Waals surface area contributed by atoms with E-state index in [2.05, 4.69) is 30.9 Å². The Labute approximate surface area is 168 Å². The number of nitrogens with zero attached hydrogens (tertiary/aromatic N) is 5. The zero-order valence-electron chi connectivity index (χ0n) is 14.3. The van der Waals surface area contributed by atoms with Crippen LogP contribution in [0.1, 0.15) is 16.1 Å². The number of amides is 1. The summed E-state index contributed by atoms with van der Waals surface area (Å²) in [7, 11) is 0. The molecule has 1 amide bonds. The van der Waals surface area contributed by atoms with Gasteiger partial charge >= 0.3 is 0 Å². The van der Waals surface area contributed by atoms with Crippen LogP contribution < -0.4 is 0 Å². The maximum absolute atomic E-state index is 13.2. The fourth-order valence-corrected chi connectivity index (χ4v) is 3.64. The number of fused-ring (bicyclic) bond motifs is 1. The first-order chi connectivity index (χ1) is 13.0. The van der Waals surface area contributed by atoms with Gasteiger partial charge in [-0.2, -0.15) is 5.10 Å². The van der Waals surface area contributed by atoms with E-state index in [4.69, 9.17) is 11.6 Å². The predicted molar refractivity (Wildman–Crippen MR) is 103 cm³/mol. The zero-order chi connectivity index (χ0) is 19.0. The molecule has 0 saturated carbocycles. The molecule has 0 atom stereocenters. The van der Waals surface area contributed by atoms with Gasteiger partial charge < -0.3 is 4.90 Å². The molecule has 2 aromatic heterocycles. The average molecular weight is 453 g/mol. The molecule has 0 N–H and O–H groups in total. The van der Waals surface area contributed by atoms with Gasteiger partial charge in [0.15, 0.2) is 11.3 Å². The van der Waals surface area contributed by atoms with Crippen LogP contribution in [0.25, 0.3) is 5.65 Å². The van der Waals surface area contributed by atoms with Gasteiger partial charge in [0.2, 0.25) is 0 Å². The summed E-state index contributed by atoms with van der Waals surface area (Å²) in [6.07, 6.45) is 3.44. The van der Waals surface area contributed by atoms with Gasteiger partial charge in [0.05, 0.1) is 4.47 Å².